The van der Waals surface area contributed by atoms with Crippen LogP contribution in [0.15, 0.2) is 48.7 Å². The molecule has 0 saturated heterocycles. The summed E-state index contributed by atoms with van der Waals surface area (Å²) in [4.78, 5) is 22.9. The number of ether oxygens (including phenoxy) is 1. The quantitative estimate of drug-likeness (QED) is 0.760. The van der Waals surface area contributed by atoms with Crippen molar-refractivity contribution in [3.8, 4) is 16.5 Å². The van der Waals surface area contributed by atoms with E-state index in [4.69, 9.17) is 9.72 Å². The smallest absolute Gasteiger partial charge is 0.227 e. The number of anilines is 1. The number of carbonyl (C=O) groups is 1. The lowest BCUT2D eigenvalue weighted by Crippen LogP contribution is -2.27. The first kappa shape index (κ1) is 16.7. The molecule has 0 spiro atoms. The summed E-state index contributed by atoms with van der Waals surface area (Å²) in [6.07, 6.45) is 4.17. The van der Waals surface area contributed by atoms with Crippen LogP contribution in [0, 0.1) is 5.92 Å². The summed E-state index contributed by atoms with van der Waals surface area (Å²) < 4.78 is 5.14. The molecule has 1 aromatic carbocycles. The van der Waals surface area contributed by atoms with Crippen molar-refractivity contribution in [1.29, 1.82) is 0 Å². The molecule has 1 aliphatic rings. The summed E-state index contributed by atoms with van der Waals surface area (Å²) in [6.45, 7) is 0. The van der Waals surface area contributed by atoms with Gasteiger partial charge in [-0.15, -0.1) is 11.3 Å². The van der Waals surface area contributed by atoms with Crippen molar-refractivity contribution < 1.29 is 9.53 Å². The zero-order valence-corrected chi connectivity index (χ0v) is 15.3. The van der Waals surface area contributed by atoms with Gasteiger partial charge in [0.05, 0.1) is 18.5 Å². The highest BCUT2D eigenvalue weighted by Crippen LogP contribution is 2.34. The van der Waals surface area contributed by atoms with E-state index in [0.29, 0.717) is 0 Å². The molecule has 0 saturated carbocycles. The lowest BCUT2D eigenvalue weighted by molar-refractivity contribution is -0.120. The normalized spacial score (nSPS) is 16.0. The Kier molecular flexibility index (Phi) is 4.67. The Labute approximate surface area is 156 Å². The molecule has 1 aliphatic carbocycles. The number of rotatable bonds is 4. The number of hydrogen-bond donors (Lipinski definition) is 1. The van der Waals surface area contributed by atoms with Gasteiger partial charge in [0.25, 0.3) is 0 Å². The summed E-state index contributed by atoms with van der Waals surface area (Å²) in [7, 11) is 1.63. The number of nitrogens with zero attached hydrogens (tertiary/aromatic N) is 2. The number of aryl methyl sites for hydroxylation is 1. The number of pyridine rings is 1. The van der Waals surface area contributed by atoms with Crippen LogP contribution in [0.25, 0.3) is 10.7 Å². The van der Waals surface area contributed by atoms with E-state index < -0.39 is 0 Å². The third-order valence-corrected chi connectivity index (χ3v) is 5.69. The molecule has 1 atom stereocenters. The molecule has 3 aromatic rings. The molecular weight excluding hydrogens is 346 g/mol. The van der Waals surface area contributed by atoms with Gasteiger partial charge in [-0.2, -0.15) is 0 Å². The highest BCUT2D eigenvalue weighted by atomic mass is 32.1. The van der Waals surface area contributed by atoms with E-state index in [9.17, 15) is 4.79 Å². The van der Waals surface area contributed by atoms with E-state index in [1.165, 1.54) is 4.88 Å². The molecule has 6 heteroatoms. The maximum Gasteiger partial charge on any atom is 0.227 e. The second-order valence-electron chi connectivity index (χ2n) is 6.26. The SMILES string of the molecule is COc1ccc(NC(=O)C2CCc3nc(-c4ccccn4)sc3C2)cc1. The van der Waals surface area contributed by atoms with Crippen LogP contribution in [0.1, 0.15) is 17.0 Å². The predicted octanol–water partition coefficient (Wildman–Crippen LogP) is 3.96. The number of fused-ring (bicyclic) bond motifs is 1. The minimum Gasteiger partial charge on any atom is -0.497 e. The molecule has 0 bridgehead atoms. The zero-order chi connectivity index (χ0) is 17.9. The molecule has 2 heterocycles. The lowest BCUT2D eigenvalue weighted by atomic mass is 9.90. The van der Waals surface area contributed by atoms with E-state index in [0.717, 1.165) is 47.1 Å². The first-order valence-electron chi connectivity index (χ1n) is 8.58. The molecule has 5 nitrogen and oxygen atoms in total. The minimum atomic E-state index is -0.0263. The van der Waals surface area contributed by atoms with Crippen LogP contribution in [0.5, 0.6) is 5.75 Å². The van der Waals surface area contributed by atoms with Crippen molar-refractivity contribution in [2.24, 2.45) is 5.92 Å². The molecule has 132 valence electrons. The van der Waals surface area contributed by atoms with Crippen LogP contribution in [0.3, 0.4) is 0 Å². The van der Waals surface area contributed by atoms with Crippen molar-refractivity contribution in [3.05, 3.63) is 59.2 Å². The number of methoxy groups -OCH3 is 1. The van der Waals surface area contributed by atoms with Crippen LogP contribution in [0.2, 0.25) is 0 Å². The molecule has 0 radical (unpaired) electrons. The van der Waals surface area contributed by atoms with Gasteiger partial charge in [0, 0.05) is 22.7 Å². The van der Waals surface area contributed by atoms with E-state index >= 15 is 0 Å². The van der Waals surface area contributed by atoms with Crippen molar-refractivity contribution in [2.45, 2.75) is 19.3 Å². The third kappa shape index (κ3) is 3.46. The Morgan fingerprint density at radius 1 is 1.23 bits per heavy atom. The second kappa shape index (κ2) is 7.25. The van der Waals surface area contributed by atoms with Crippen LogP contribution in [-0.2, 0) is 17.6 Å². The number of hydrogen-bond acceptors (Lipinski definition) is 5. The highest BCUT2D eigenvalue weighted by molar-refractivity contribution is 7.15. The standard InChI is InChI=1S/C20H19N3O2S/c1-25-15-8-6-14(7-9-15)22-19(24)13-5-10-16-18(12-13)26-20(23-16)17-4-2-3-11-21-17/h2-4,6-9,11,13H,5,10,12H2,1H3,(H,22,24). The minimum absolute atomic E-state index is 0.0263. The predicted molar refractivity (Wildman–Crippen MR) is 102 cm³/mol. The molecule has 4 rings (SSSR count). The van der Waals surface area contributed by atoms with Crippen LogP contribution < -0.4 is 10.1 Å². The molecule has 0 fully saturated rings. The molecule has 1 N–H and O–H groups in total. The van der Waals surface area contributed by atoms with Crippen LogP contribution >= 0.6 is 11.3 Å². The molecular formula is C20H19N3O2S. The Morgan fingerprint density at radius 2 is 2.08 bits per heavy atom. The fraction of sp³-hybridized carbons (Fsp3) is 0.250. The monoisotopic (exact) mass is 365 g/mol. The number of thiazole rings is 1. The number of nitrogens with one attached hydrogen (secondary N) is 1. The molecule has 0 aliphatic heterocycles. The summed E-state index contributed by atoms with van der Waals surface area (Å²) in [6, 6.07) is 13.2. The van der Waals surface area contributed by atoms with Gasteiger partial charge in [0.15, 0.2) is 0 Å². The third-order valence-electron chi connectivity index (χ3n) is 4.55. The average molecular weight is 365 g/mol. The summed E-state index contributed by atoms with van der Waals surface area (Å²) in [5.74, 6) is 0.812. The van der Waals surface area contributed by atoms with E-state index in [1.54, 1.807) is 24.6 Å². The maximum atomic E-state index is 12.6. The summed E-state index contributed by atoms with van der Waals surface area (Å²) in [5.41, 5.74) is 2.80. The van der Waals surface area contributed by atoms with E-state index in [1.807, 2.05) is 42.5 Å². The summed E-state index contributed by atoms with van der Waals surface area (Å²) >= 11 is 1.65. The first-order valence-corrected chi connectivity index (χ1v) is 9.39. The molecule has 26 heavy (non-hydrogen) atoms. The highest BCUT2D eigenvalue weighted by Gasteiger charge is 2.28. The Bertz CT molecular complexity index is 907. The Morgan fingerprint density at radius 3 is 2.81 bits per heavy atom. The van der Waals surface area contributed by atoms with Gasteiger partial charge < -0.3 is 10.1 Å². The fourth-order valence-corrected chi connectivity index (χ4v) is 4.28. The van der Waals surface area contributed by atoms with Gasteiger partial charge in [-0.05, 0) is 55.7 Å². The van der Waals surface area contributed by atoms with Crippen LogP contribution in [-0.4, -0.2) is 23.0 Å². The van der Waals surface area contributed by atoms with E-state index in [2.05, 4.69) is 10.3 Å². The van der Waals surface area contributed by atoms with Crippen molar-refractivity contribution in [3.63, 3.8) is 0 Å². The summed E-state index contributed by atoms with van der Waals surface area (Å²) in [5, 5.41) is 3.95. The first-order chi connectivity index (χ1) is 12.7. The van der Waals surface area contributed by atoms with Crippen molar-refractivity contribution in [2.75, 3.05) is 12.4 Å². The molecule has 2 aromatic heterocycles. The van der Waals surface area contributed by atoms with Gasteiger partial charge in [-0.3, -0.25) is 9.78 Å². The zero-order valence-electron chi connectivity index (χ0n) is 14.4. The maximum absolute atomic E-state index is 12.6. The number of aromatic nitrogens is 2. The number of benzene rings is 1. The van der Waals surface area contributed by atoms with Gasteiger partial charge >= 0.3 is 0 Å². The van der Waals surface area contributed by atoms with Crippen molar-refractivity contribution in [1.82, 2.24) is 9.97 Å². The molecule has 1 unspecified atom stereocenters. The largest absolute Gasteiger partial charge is 0.497 e. The van der Waals surface area contributed by atoms with Crippen LogP contribution in [0.4, 0.5) is 5.69 Å². The van der Waals surface area contributed by atoms with Gasteiger partial charge in [-0.25, -0.2) is 4.98 Å². The Balaban J connectivity index is 1.45. The number of amides is 1. The molecule has 1 amide bonds. The van der Waals surface area contributed by atoms with Gasteiger partial charge in [0.2, 0.25) is 5.91 Å². The average Bonchev–Trinajstić information content (AvgIpc) is 3.12. The van der Waals surface area contributed by atoms with Gasteiger partial charge in [-0.1, -0.05) is 6.07 Å². The lowest BCUT2D eigenvalue weighted by Gasteiger charge is -2.20. The topological polar surface area (TPSA) is 64.1 Å². The van der Waals surface area contributed by atoms with Crippen molar-refractivity contribution >= 4 is 22.9 Å². The number of carbonyl (C=O) groups excluding carboxylic acids is 1. The fourth-order valence-electron chi connectivity index (χ4n) is 3.12. The second-order valence-corrected chi connectivity index (χ2v) is 7.34. The van der Waals surface area contributed by atoms with Gasteiger partial charge in [0.1, 0.15) is 10.8 Å². The van der Waals surface area contributed by atoms with E-state index in [-0.39, 0.29) is 11.8 Å². The Hall–Kier alpha value is -2.73.